The second-order valence-electron chi connectivity index (χ2n) is 4.25. The van der Waals surface area contributed by atoms with Gasteiger partial charge < -0.3 is 14.5 Å². The van der Waals surface area contributed by atoms with E-state index in [1.165, 1.54) is 0 Å². The molecule has 1 saturated carbocycles. The van der Waals surface area contributed by atoms with E-state index in [-0.39, 0.29) is 25.4 Å². The van der Waals surface area contributed by atoms with Gasteiger partial charge in [0.2, 0.25) is 0 Å². The fourth-order valence-corrected chi connectivity index (χ4v) is 3.32. The first kappa shape index (κ1) is 16.8. The molecular formula is C8H16O9P2. The van der Waals surface area contributed by atoms with Gasteiger partial charge in [0.15, 0.2) is 0 Å². The lowest BCUT2D eigenvalue weighted by Crippen LogP contribution is -2.12. The molecule has 0 aliphatic heterocycles. The van der Waals surface area contributed by atoms with Gasteiger partial charge in [-0.3, -0.25) is 9.36 Å². The smallest absolute Gasteiger partial charge is 0.438 e. The monoisotopic (exact) mass is 318 g/mol. The third-order valence-electron chi connectivity index (χ3n) is 2.84. The van der Waals surface area contributed by atoms with Gasteiger partial charge in [-0.05, 0) is 31.1 Å². The summed E-state index contributed by atoms with van der Waals surface area (Å²) in [6, 6.07) is 0. The minimum absolute atomic E-state index is 0.0377. The molecule has 0 aromatic carbocycles. The van der Waals surface area contributed by atoms with Crippen molar-refractivity contribution in [3.05, 3.63) is 0 Å². The zero-order valence-corrected chi connectivity index (χ0v) is 11.8. The number of hydrogen-bond donors (Lipinski definition) is 3. The number of carboxylic acid groups (broad SMARTS) is 1. The first-order valence-electron chi connectivity index (χ1n) is 5.58. The Kier molecular flexibility index (Phi) is 6.62. The molecule has 1 aliphatic rings. The zero-order chi connectivity index (χ0) is 14.5. The second kappa shape index (κ2) is 7.50. The van der Waals surface area contributed by atoms with Crippen LogP contribution >= 0.6 is 15.0 Å². The van der Waals surface area contributed by atoms with Gasteiger partial charge in [-0.1, -0.05) is 5.04 Å². The summed E-state index contributed by atoms with van der Waals surface area (Å²) in [5.74, 6) is -0.784. The van der Waals surface area contributed by atoms with Crippen LogP contribution in [0.3, 0.4) is 0 Å². The van der Waals surface area contributed by atoms with Gasteiger partial charge in [-0.2, -0.15) is 0 Å². The van der Waals surface area contributed by atoms with Gasteiger partial charge >= 0.3 is 21.0 Å². The normalized spacial score (nSPS) is 21.6. The summed E-state index contributed by atoms with van der Waals surface area (Å²) >= 11 is 0. The Morgan fingerprint density at radius 3 is 2.53 bits per heavy atom. The topological polar surface area (TPSA) is 140 Å². The largest absolute Gasteiger partial charge is 0.481 e. The molecule has 1 aliphatic carbocycles. The molecule has 0 bridgehead atoms. The molecule has 0 spiro atoms. The summed E-state index contributed by atoms with van der Waals surface area (Å²) in [6.45, 7) is -0.216. The van der Waals surface area contributed by atoms with E-state index >= 15 is 0 Å². The average molecular weight is 318 g/mol. The Morgan fingerprint density at radius 1 is 1.47 bits per heavy atom. The van der Waals surface area contributed by atoms with E-state index in [9.17, 15) is 13.9 Å². The van der Waals surface area contributed by atoms with Crippen molar-refractivity contribution >= 4 is 21.0 Å². The molecule has 11 heteroatoms. The number of rotatable bonds is 10. The molecule has 0 radical (unpaired) electrons. The van der Waals surface area contributed by atoms with Gasteiger partial charge in [0, 0.05) is 6.42 Å². The summed E-state index contributed by atoms with van der Waals surface area (Å²) in [6.07, 6.45) is 2.10. The molecule has 9 nitrogen and oxygen atoms in total. The van der Waals surface area contributed by atoms with Gasteiger partial charge in [-0.15, -0.1) is 4.67 Å². The van der Waals surface area contributed by atoms with Crippen molar-refractivity contribution in [2.45, 2.75) is 25.7 Å². The molecule has 3 atom stereocenters. The summed E-state index contributed by atoms with van der Waals surface area (Å²) in [4.78, 5) is 19.4. The van der Waals surface area contributed by atoms with E-state index in [4.69, 9.17) is 15.3 Å². The molecule has 0 aromatic heterocycles. The second-order valence-corrected chi connectivity index (χ2v) is 9.00. The summed E-state index contributed by atoms with van der Waals surface area (Å²) in [5.41, 5.74) is 0. The third-order valence-corrected chi connectivity index (χ3v) is 6.11. The molecule has 1 rings (SSSR count). The molecule has 0 amide bonds. The Labute approximate surface area is 109 Å². The maximum atomic E-state index is 11.5. The van der Waals surface area contributed by atoms with E-state index < -0.39 is 21.0 Å². The van der Waals surface area contributed by atoms with E-state index in [1.54, 1.807) is 0 Å². The Balaban J connectivity index is 2.43. The predicted molar refractivity (Wildman–Crippen MR) is 62.7 cm³/mol. The molecule has 19 heavy (non-hydrogen) atoms. The Hall–Kier alpha value is -0.270. The highest BCUT2D eigenvalue weighted by molar-refractivity contribution is 8.20. The molecule has 0 aromatic rings. The molecule has 0 saturated heterocycles. The summed E-state index contributed by atoms with van der Waals surface area (Å²) in [7, 11) is -8.11. The first-order valence-corrected chi connectivity index (χ1v) is 9.32. The maximum absolute atomic E-state index is 11.5. The lowest BCUT2D eigenvalue weighted by Gasteiger charge is -2.16. The molecule has 3 unspecified atom stereocenters. The zero-order valence-electron chi connectivity index (χ0n) is 9.93. The highest BCUT2D eigenvalue weighted by Crippen LogP contribution is 2.68. The predicted octanol–water partition coefficient (Wildman–Crippen LogP) is 1.89. The lowest BCUT2D eigenvalue weighted by molar-refractivity contribution is -0.441. The fourth-order valence-electron chi connectivity index (χ4n) is 1.77. The van der Waals surface area contributed by atoms with Crippen molar-refractivity contribution < 1.29 is 43.4 Å². The van der Waals surface area contributed by atoms with Crippen molar-refractivity contribution in [3.63, 3.8) is 0 Å². The lowest BCUT2D eigenvalue weighted by atomic mass is 9.96. The number of hydrogen-bond acceptors (Lipinski definition) is 7. The average Bonchev–Trinajstić information content (AvgIpc) is 3.11. The third kappa shape index (κ3) is 5.71. The van der Waals surface area contributed by atoms with Crippen LogP contribution in [0.4, 0.5) is 0 Å². The van der Waals surface area contributed by atoms with Gasteiger partial charge in [0.25, 0.3) is 0 Å². The van der Waals surface area contributed by atoms with Crippen LogP contribution in [-0.2, 0) is 28.2 Å². The molecule has 112 valence electrons. The summed E-state index contributed by atoms with van der Waals surface area (Å²) < 4.78 is 30.8. The van der Waals surface area contributed by atoms with Crippen LogP contribution in [0.1, 0.15) is 25.7 Å². The van der Waals surface area contributed by atoms with Crippen LogP contribution in [0.25, 0.3) is 0 Å². The van der Waals surface area contributed by atoms with E-state index in [1.807, 2.05) is 0 Å². The minimum Gasteiger partial charge on any atom is -0.481 e. The molecule has 3 N–H and O–H groups in total. The summed E-state index contributed by atoms with van der Waals surface area (Å²) in [5, 5.41) is 19.9. The van der Waals surface area contributed by atoms with Crippen LogP contribution in [0.15, 0.2) is 0 Å². The molecule has 0 heterocycles. The van der Waals surface area contributed by atoms with E-state index in [2.05, 4.69) is 14.2 Å². The standard InChI is InChI=1S/C8H16O9P2/c9-8(10)5-7(6-1-2-6)3-4-15-19(14,17-16-11)18(12)13/h6-7,11,18H,1-5H2,(H,9,10)(H,12,13). The minimum atomic E-state index is -4.41. The Morgan fingerprint density at radius 2 is 2.11 bits per heavy atom. The van der Waals surface area contributed by atoms with Gasteiger partial charge in [-0.25, -0.2) is 9.82 Å². The van der Waals surface area contributed by atoms with Crippen LogP contribution in [0, 0.1) is 11.8 Å². The quantitative estimate of drug-likeness (QED) is 0.313. The van der Waals surface area contributed by atoms with Crippen molar-refractivity contribution in [1.82, 2.24) is 0 Å². The van der Waals surface area contributed by atoms with Crippen LogP contribution < -0.4 is 0 Å². The van der Waals surface area contributed by atoms with Crippen LogP contribution in [-0.4, -0.2) is 27.8 Å². The maximum Gasteiger partial charge on any atom is 0.438 e. The Bertz CT molecular complexity index is 380. The van der Waals surface area contributed by atoms with Crippen molar-refractivity contribution in [3.8, 4) is 0 Å². The van der Waals surface area contributed by atoms with E-state index in [0.29, 0.717) is 5.92 Å². The van der Waals surface area contributed by atoms with Crippen molar-refractivity contribution in [2.24, 2.45) is 11.8 Å². The van der Waals surface area contributed by atoms with Crippen molar-refractivity contribution in [2.75, 3.05) is 6.61 Å². The van der Waals surface area contributed by atoms with Crippen LogP contribution in [0.2, 0.25) is 0 Å². The molecule has 1 fully saturated rings. The highest BCUT2D eigenvalue weighted by atomic mass is 32.1. The first-order chi connectivity index (χ1) is 8.89. The molecular weight excluding hydrogens is 302 g/mol. The fraction of sp³-hybridized carbons (Fsp3) is 0.875. The van der Waals surface area contributed by atoms with Gasteiger partial charge in [0.05, 0.1) is 6.61 Å². The highest BCUT2D eigenvalue weighted by Gasteiger charge is 2.36. The van der Waals surface area contributed by atoms with Crippen LogP contribution in [0.5, 0.6) is 0 Å². The number of carbonyl (C=O) groups is 1. The van der Waals surface area contributed by atoms with E-state index in [0.717, 1.165) is 12.8 Å². The number of aliphatic carboxylic acids is 1. The number of carboxylic acids is 1. The SMILES string of the molecule is O=C(O)CC(CCOP(=O)(OOO)[PH](=O)O)C1CC1. The van der Waals surface area contributed by atoms with Gasteiger partial charge in [0.1, 0.15) is 0 Å². The van der Waals surface area contributed by atoms with Crippen molar-refractivity contribution in [1.29, 1.82) is 0 Å².